The van der Waals surface area contributed by atoms with E-state index >= 15 is 0 Å². The van der Waals surface area contributed by atoms with Gasteiger partial charge in [0.2, 0.25) is 5.91 Å². The van der Waals surface area contributed by atoms with Crippen LogP contribution < -0.4 is 9.47 Å². The summed E-state index contributed by atoms with van der Waals surface area (Å²) in [6.45, 7) is 0.470. The maximum Gasteiger partial charge on any atom is 0.226 e. The lowest BCUT2D eigenvalue weighted by Crippen LogP contribution is -2.45. The molecule has 2 fully saturated rings. The molecule has 29 heavy (non-hydrogen) atoms. The van der Waals surface area contributed by atoms with E-state index in [-0.39, 0.29) is 35.8 Å². The second-order valence-corrected chi connectivity index (χ2v) is 7.68. The number of benzene rings is 1. The van der Waals surface area contributed by atoms with E-state index in [9.17, 15) is 18.8 Å². The molecule has 0 spiro atoms. The Morgan fingerprint density at radius 1 is 1.28 bits per heavy atom. The van der Waals surface area contributed by atoms with Crippen molar-refractivity contribution in [3.63, 3.8) is 0 Å². The zero-order chi connectivity index (χ0) is 20.1. The molecular weight excluding hydrogens is 380 g/mol. The van der Waals surface area contributed by atoms with E-state index in [4.69, 9.17) is 9.47 Å². The summed E-state index contributed by atoms with van der Waals surface area (Å²) in [5.41, 5.74) is 1.15. The molecule has 2 aromatic rings. The van der Waals surface area contributed by atoms with Crippen molar-refractivity contribution in [3.8, 4) is 17.6 Å². The molecule has 1 aromatic carbocycles. The maximum absolute atomic E-state index is 13.7. The highest BCUT2D eigenvalue weighted by molar-refractivity contribution is 5.81. The van der Waals surface area contributed by atoms with Crippen molar-refractivity contribution in [1.82, 2.24) is 9.88 Å². The predicted octanol–water partition coefficient (Wildman–Crippen LogP) is 3.12. The van der Waals surface area contributed by atoms with E-state index in [1.807, 2.05) is 0 Å². The molecular formula is C21H17F2N3O3. The summed E-state index contributed by atoms with van der Waals surface area (Å²) < 4.78 is 38.2. The van der Waals surface area contributed by atoms with Crippen LogP contribution in [0.15, 0.2) is 30.6 Å². The molecule has 1 aliphatic carbocycles. The Morgan fingerprint density at radius 2 is 2.10 bits per heavy atom. The van der Waals surface area contributed by atoms with Crippen molar-refractivity contribution in [3.05, 3.63) is 53.4 Å². The highest BCUT2D eigenvalue weighted by Gasteiger charge is 2.47. The summed E-state index contributed by atoms with van der Waals surface area (Å²) in [5, 5.41) is 9.27. The monoisotopic (exact) mass is 397 g/mol. The summed E-state index contributed by atoms with van der Waals surface area (Å²) in [7, 11) is 0. The Hall–Kier alpha value is -3.21. The van der Waals surface area contributed by atoms with Gasteiger partial charge in [0.05, 0.1) is 12.6 Å². The Bertz CT molecular complexity index is 1030. The molecule has 3 aliphatic rings. The third-order valence-electron chi connectivity index (χ3n) is 5.87. The second kappa shape index (κ2) is 6.69. The molecule has 0 radical (unpaired) electrons. The number of ether oxygens (including phenoxy) is 2. The van der Waals surface area contributed by atoms with Gasteiger partial charge in [0, 0.05) is 36.4 Å². The van der Waals surface area contributed by atoms with E-state index in [2.05, 4.69) is 11.1 Å². The van der Waals surface area contributed by atoms with Crippen LogP contribution in [0.3, 0.4) is 0 Å². The Kier molecular flexibility index (Phi) is 4.12. The van der Waals surface area contributed by atoms with Crippen molar-refractivity contribution in [2.45, 2.75) is 37.5 Å². The van der Waals surface area contributed by atoms with Gasteiger partial charge in [-0.3, -0.25) is 9.78 Å². The van der Waals surface area contributed by atoms with Crippen LogP contribution >= 0.6 is 0 Å². The number of likely N-dealkylation sites (tertiary alicyclic amines) is 1. The van der Waals surface area contributed by atoms with Crippen LogP contribution in [0.5, 0.6) is 11.5 Å². The van der Waals surface area contributed by atoms with Gasteiger partial charge in [-0.25, -0.2) is 8.78 Å². The fourth-order valence-corrected chi connectivity index (χ4v) is 4.35. The molecule has 148 valence electrons. The first-order valence-electron chi connectivity index (χ1n) is 9.50. The van der Waals surface area contributed by atoms with Crippen molar-refractivity contribution in [1.29, 1.82) is 5.26 Å². The number of amides is 1. The molecule has 0 N–H and O–H groups in total. The molecule has 0 unspecified atom stereocenters. The van der Waals surface area contributed by atoms with E-state index in [1.54, 1.807) is 11.1 Å². The first kappa shape index (κ1) is 17.9. The predicted molar refractivity (Wildman–Crippen MR) is 95.9 cm³/mol. The minimum absolute atomic E-state index is 0.00300. The normalized spacial score (nSPS) is 26.7. The van der Waals surface area contributed by atoms with Crippen LogP contribution in [-0.2, 0) is 4.79 Å². The summed E-state index contributed by atoms with van der Waals surface area (Å²) in [6.07, 6.45) is 4.36. The lowest BCUT2D eigenvalue weighted by atomic mass is 9.81. The summed E-state index contributed by atoms with van der Waals surface area (Å²) in [5.74, 6) is -1.08. The minimum atomic E-state index is -0.748. The van der Waals surface area contributed by atoms with Gasteiger partial charge >= 0.3 is 0 Å². The number of hydrogen-bond donors (Lipinski definition) is 0. The van der Waals surface area contributed by atoms with Crippen molar-refractivity contribution in [2.75, 3.05) is 6.54 Å². The van der Waals surface area contributed by atoms with Gasteiger partial charge < -0.3 is 14.4 Å². The topological polar surface area (TPSA) is 75.5 Å². The van der Waals surface area contributed by atoms with Gasteiger partial charge in [0.15, 0.2) is 11.6 Å². The van der Waals surface area contributed by atoms with Crippen LogP contribution in [0.4, 0.5) is 8.78 Å². The molecule has 1 saturated heterocycles. The first-order chi connectivity index (χ1) is 14.0. The number of hydrogen-bond acceptors (Lipinski definition) is 5. The van der Waals surface area contributed by atoms with E-state index in [0.717, 1.165) is 17.7 Å². The number of nitriles is 1. The number of nitrogens with zero attached hydrogens (tertiary/aromatic N) is 3. The number of aromatic nitrogens is 1. The van der Waals surface area contributed by atoms with Gasteiger partial charge in [-0.2, -0.15) is 5.26 Å². The largest absolute Gasteiger partial charge is 0.487 e. The maximum atomic E-state index is 13.7. The van der Waals surface area contributed by atoms with Crippen molar-refractivity contribution < 1.29 is 23.0 Å². The highest BCUT2D eigenvalue weighted by atomic mass is 19.1. The number of halogens is 2. The van der Waals surface area contributed by atoms with Crippen LogP contribution in [-0.4, -0.2) is 34.5 Å². The molecule has 8 heteroatoms. The number of carbonyl (C=O) groups is 1. The zero-order valence-electron chi connectivity index (χ0n) is 15.3. The minimum Gasteiger partial charge on any atom is -0.487 e. The molecule has 5 rings (SSSR count). The van der Waals surface area contributed by atoms with Crippen molar-refractivity contribution in [2.24, 2.45) is 5.92 Å². The first-order valence-corrected chi connectivity index (χ1v) is 9.50. The van der Waals surface area contributed by atoms with Crippen LogP contribution in [0.2, 0.25) is 0 Å². The number of carbonyl (C=O) groups excluding carboxylic acids is 1. The molecule has 1 aromatic heterocycles. The van der Waals surface area contributed by atoms with Gasteiger partial charge in [0.25, 0.3) is 0 Å². The van der Waals surface area contributed by atoms with Gasteiger partial charge in [-0.05, 0) is 25.0 Å². The van der Waals surface area contributed by atoms with Crippen molar-refractivity contribution >= 4 is 5.91 Å². The zero-order valence-corrected chi connectivity index (χ0v) is 15.3. The summed E-state index contributed by atoms with van der Waals surface area (Å²) in [4.78, 5) is 19.0. The second-order valence-electron chi connectivity index (χ2n) is 7.68. The number of pyridine rings is 1. The standard InChI is InChI=1S/C21H17F2N3O3/c22-13-1-2-19(17(23)5-13)28-14-3-11(4-14)21(27)26-10-15-6-18(26)16-9-25-8-12(7-24)20(16)29-15/h1-2,5,8-9,11,14-15,18H,3-4,6,10H2/t11-,14+,15-,18-/m0/s1. The average molecular weight is 397 g/mol. The lowest BCUT2D eigenvalue weighted by Gasteiger charge is -2.38. The van der Waals surface area contributed by atoms with Crippen LogP contribution in [0.25, 0.3) is 0 Å². The molecule has 1 saturated carbocycles. The fraction of sp³-hybridized carbons (Fsp3) is 0.381. The lowest BCUT2D eigenvalue weighted by molar-refractivity contribution is -0.142. The third kappa shape index (κ3) is 2.97. The quantitative estimate of drug-likeness (QED) is 0.796. The van der Waals surface area contributed by atoms with Crippen LogP contribution in [0, 0.1) is 28.9 Å². The number of fused-ring (bicyclic) bond motifs is 4. The molecule has 2 bridgehead atoms. The molecule has 1 amide bonds. The average Bonchev–Trinajstić information content (AvgIpc) is 3.02. The smallest absolute Gasteiger partial charge is 0.226 e. The van der Waals surface area contributed by atoms with Gasteiger partial charge in [-0.15, -0.1) is 0 Å². The third-order valence-corrected chi connectivity index (χ3v) is 5.87. The summed E-state index contributed by atoms with van der Waals surface area (Å²) >= 11 is 0. The van der Waals surface area contributed by atoms with Crippen LogP contribution in [0.1, 0.15) is 36.4 Å². The molecule has 2 atom stereocenters. The SMILES string of the molecule is N#Cc1cncc2c1O[C@H]1C[C@@H]2N(C(=O)[C@H]2C[C@@H](Oc3ccc(F)cc3F)C2)C1. The molecule has 6 nitrogen and oxygen atoms in total. The van der Waals surface area contributed by atoms with E-state index in [1.165, 1.54) is 12.3 Å². The summed E-state index contributed by atoms with van der Waals surface area (Å²) in [6, 6.07) is 5.13. The van der Waals surface area contributed by atoms with E-state index < -0.39 is 11.6 Å². The molecule has 2 aliphatic heterocycles. The Morgan fingerprint density at radius 3 is 2.86 bits per heavy atom. The Balaban J connectivity index is 1.26. The number of rotatable bonds is 3. The Labute approximate surface area is 165 Å². The fourth-order valence-electron chi connectivity index (χ4n) is 4.35. The van der Waals surface area contributed by atoms with E-state index in [0.29, 0.717) is 37.1 Å². The van der Waals surface area contributed by atoms with Gasteiger partial charge in [0.1, 0.15) is 35.4 Å². The van der Waals surface area contributed by atoms with Gasteiger partial charge in [-0.1, -0.05) is 0 Å². The highest BCUT2D eigenvalue weighted by Crippen LogP contribution is 2.46. The molecule has 3 heterocycles.